The lowest BCUT2D eigenvalue weighted by molar-refractivity contribution is 1.18. The van der Waals surface area contributed by atoms with Crippen molar-refractivity contribution in [3.63, 3.8) is 0 Å². The van der Waals surface area contributed by atoms with Crippen molar-refractivity contribution in [1.82, 2.24) is 4.57 Å². The lowest BCUT2D eigenvalue weighted by Crippen LogP contribution is -2.10. The zero-order valence-corrected chi connectivity index (χ0v) is 24.1. The summed E-state index contributed by atoms with van der Waals surface area (Å²) < 4.78 is 2.38. The summed E-state index contributed by atoms with van der Waals surface area (Å²) in [5.74, 6) is 0. The normalized spacial score (nSPS) is 11.6. The lowest BCUT2D eigenvalue weighted by Gasteiger charge is -2.26. The van der Waals surface area contributed by atoms with Gasteiger partial charge in [0.25, 0.3) is 0 Å². The maximum absolute atomic E-state index is 2.38. The molecule has 0 aliphatic rings. The highest BCUT2D eigenvalue weighted by atomic mass is 15.1. The second-order valence-corrected chi connectivity index (χ2v) is 11.4. The first-order chi connectivity index (χ1) is 21.8. The number of para-hydroxylation sites is 3. The van der Waals surface area contributed by atoms with Crippen LogP contribution in [0.4, 0.5) is 17.1 Å². The maximum atomic E-state index is 2.38. The summed E-state index contributed by atoms with van der Waals surface area (Å²) in [5.41, 5.74) is 6.93. The zero-order chi connectivity index (χ0) is 29.0. The minimum absolute atomic E-state index is 1.12. The molecule has 0 saturated carbocycles. The standard InChI is InChI=1S/C42H28N2/c1-3-12-31(13-4-1)43(33-21-25-36-30(27-33)20-24-37-35-16-8-7-11-29(35)19-23-38(36)37)34-22-26-40-39-17-9-10-18-41(39)44(42(40)28-34)32-14-5-2-6-15-32/h1-28H. The number of rotatable bonds is 4. The third kappa shape index (κ3) is 3.82. The first kappa shape index (κ1) is 24.7. The van der Waals surface area contributed by atoms with Gasteiger partial charge in [-0.25, -0.2) is 0 Å². The third-order valence-corrected chi connectivity index (χ3v) is 8.93. The fourth-order valence-electron chi connectivity index (χ4n) is 6.93. The molecule has 1 heterocycles. The highest BCUT2D eigenvalue weighted by molar-refractivity contribution is 6.17. The van der Waals surface area contributed by atoms with E-state index in [1.807, 2.05) is 0 Å². The van der Waals surface area contributed by atoms with E-state index in [1.165, 1.54) is 54.1 Å². The Labute approximate surface area is 255 Å². The molecule has 0 fully saturated rings. The summed E-state index contributed by atoms with van der Waals surface area (Å²) in [6.45, 7) is 0. The summed E-state index contributed by atoms with van der Waals surface area (Å²) in [6.07, 6.45) is 0. The van der Waals surface area contributed by atoms with Crippen LogP contribution in [0.25, 0.3) is 59.8 Å². The van der Waals surface area contributed by atoms with Crippen molar-refractivity contribution in [2.75, 3.05) is 4.90 Å². The molecule has 0 aliphatic heterocycles. The molecule has 0 bridgehead atoms. The largest absolute Gasteiger partial charge is 0.310 e. The van der Waals surface area contributed by atoms with Gasteiger partial charge in [0.15, 0.2) is 0 Å². The molecule has 2 nitrogen and oxygen atoms in total. The number of hydrogen-bond acceptors (Lipinski definition) is 1. The van der Waals surface area contributed by atoms with Gasteiger partial charge in [-0.15, -0.1) is 0 Å². The number of aromatic nitrogens is 1. The molecule has 2 heteroatoms. The average Bonchev–Trinajstić information content (AvgIpc) is 3.42. The van der Waals surface area contributed by atoms with Gasteiger partial charge in [-0.1, -0.05) is 115 Å². The number of nitrogens with zero attached hydrogens (tertiary/aromatic N) is 2. The van der Waals surface area contributed by atoms with Crippen LogP contribution in [0.3, 0.4) is 0 Å². The number of fused-ring (bicyclic) bond motifs is 8. The summed E-state index contributed by atoms with van der Waals surface area (Å²) in [7, 11) is 0. The van der Waals surface area contributed by atoms with Crippen LogP contribution in [0.15, 0.2) is 170 Å². The Morgan fingerprint density at radius 2 is 0.864 bits per heavy atom. The molecule has 44 heavy (non-hydrogen) atoms. The molecule has 0 spiro atoms. The predicted molar refractivity (Wildman–Crippen MR) is 188 cm³/mol. The molecule has 0 N–H and O–H groups in total. The van der Waals surface area contributed by atoms with Crippen molar-refractivity contribution in [3.05, 3.63) is 170 Å². The van der Waals surface area contributed by atoms with E-state index in [9.17, 15) is 0 Å². The Morgan fingerprint density at radius 3 is 1.66 bits per heavy atom. The molecule has 206 valence electrons. The fourth-order valence-corrected chi connectivity index (χ4v) is 6.93. The van der Waals surface area contributed by atoms with E-state index >= 15 is 0 Å². The summed E-state index contributed by atoms with van der Waals surface area (Å²) in [4.78, 5) is 2.37. The van der Waals surface area contributed by atoms with Crippen LogP contribution in [0.2, 0.25) is 0 Å². The van der Waals surface area contributed by atoms with E-state index < -0.39 is 0 Å². The molecule has 9 rings (SSSR count). The topological polar surface area (TPSA) is 8.17 Å². The van der Waals surface area contributed by atoms with Crippen molar-refractivity contribution in [3.8, 4) is 5.69 Å². The molecule has 0 aliphatic carbocycles. The second-order valence-electron chi connectivity index (χ2n) is 11.4. The van der Waals surface area contributed by atoms with Gasteiger partial charge in [0.2, 0.25) is 0 Å². The molecule has 0 unspecified atom stereocenters. The minimum atomic E-state index is 1.12. The van der Waals surface area contributed by atoms with Gasteiger partial charge in [0.05, 0.1) is 11.0 Å². The van der Waals surface area contributed by atoms with Crippen molar-refractivity contribution in [2.45, 2.75) is 0 Å². The van der Waals surface area contributed by atoms with E-state index in [2.05, 4.69) is 179 Å². The second kappa shape index (κ2) is 9.86. The number of anilines is 3. The SMILES string of the molecule is c1ccc(N(c2ccc3c(ccc4c5ccccc5ccc34)c2)c2ccc3c4ccccc4n(-c4ccccc4)c3c2)cc1. The van der Waals surface area contributed by atoms with Crippen molar-refractivity contribution < 1.29 is 0 Å². The first-order valence-corrected chi connectivity index (χ1v) is 15.1. The fraction of sp³-hybridized carbons (Fsp3) is 0. The number of hydrogen-bond donors (Lipinski definition) is 0. The zero-order valence-electron chi connectivity index (χ0n) is 24.1. The molecular formula is C42H28N2. The van der Waals surface area contributed by atoms with Gasteiger partial charge in [-0.3, -0.25) is 0 Å². The predicted octanol–water partition coefficient (Wildman–Crippen LogP) is 11.7. The highest BCUT2D eigenvalue weighted by Crippen LogP contribution is 2.41. The molecule has 0 radical (unpaired) electrons. The quantitative estimate of drug-likeness (QED) is 0.194. The van der Waals surface area contributed by atoms with Crippen LogP contribution in [0.5, 0.6) is 0 Å². The van der Waals surface area contributed by atoms with Gasteiger partial charge < -0.3 is 9.47 Å². The number of benzene rings is 8. The van der Waals surface area contributed by atoms with E-state index in [0.29, 0.717) is 0 Å². The highest BCUT2D eigenvalue weighted by Gasteiger charge is 2.18. The van der Waals surface area contributed by atoms with Crippen LogP contribution < -0.4 is 4.90 Å². The molecule has 1 aromatic heterocycles. The maximum Gasteiger partial charge on any atom is 0.0561 e. The van der Waals surface area contributed by atoms with E-state index in [-0.39, 0.29) is 0 Å². The van der Waals surface area contributed by atoms with E-state index in [4.69, 9.17) is 0 Å². The van der Waals surface area contributed by atoms with Gasteiger partial charge in [-0.2, -0.15) is 0 Å². The first-order valence-electron chi connectivity index (χ1n) is 15.1. The molecule has 8 aromatic carbocycles. The smallest absolute Gasteiger partial charge is 0.0561 e. The molecule has 0 amide bonds. The van der Waals surface area contributed by atoms with Gasteiger partial charge in [0, 0.05) is 33.5 Å². The minimum Gasteiger partial charge on any atom is -0.310 e. The summed E-state index contributed by atoms with van der Waals surface area (Å²) in [5, 5.41) is 10.1. The Bertz CT molecular complexity index is 2490. The van der Waals surface area contributed by atoms with E-state index in [0.717, 1.165) is 22.7 Å². The van der Waals surface area contributed by atoms with Crippen LogP contribution >= 0.6 is 0 Å². The van der Waals surface area contributed by atoms with Crippen LogP contribution in [0.1, 0.15) is 0 Å². The van der Waals surface area contributed by atoms with Crippen LogP contribution in [0, 0.1) is 0 Å². The van der Waals surface area contributed by atoms with Gasteiger partial charge in [0.1, 0.15) is 0 Å². The molecule has 0 atom stereocenters. The van der Waals surface area contributed by atoms with E-state index in [1.54, 1.807) is 0 Å². The van der Waals surface area contributed by atoms with Gasteiger partial charge in [-0.05, 0) is 86.9 Å². The molecular weight excluding hydrogens is 532 g/mol. The Hall–Kier alpha value is -5.86. The Balaban J connectivity index is 1.27. The Morgan fingerprint density at radius 1 is 0.318 bits per heavy atom. The van der Waals surface area contributed by atoms with Crippen molar-refractivity contribution in [2.24, 2.45) is 0 Å². The lowest BCUT2D eigenvalue weighted by atomic mass is 9.96. The van der Waals surface area contributed by atoms with Gasteiger partial charge >= 0.3 is 0 Å². The molecule has 9 aromatic rings. The van der Waals surface area contributed by atoms with Crippen LogP contribution in [-0.2, 0) is 0 Å². The Kier molecular flexibility index (Phi) is 5.54. The summed E-state index contributed by atoms with van der Waals surface area (Å²) in [6, 6.07) is 61.5. The average molecular weight is 561 g/mol. The monoisotopic (exact) mass is 560 g/mol. The van der Waals surface area contributed by atoms with Crippen molar-refractivity contribution >= 4 is 71.2 Å². The van der Waals surface area contributed by atoms with Crippen LogP contribution in [-0.4, -0.2) is 4.57 Å². The van der Waals surface area contributed by atoms with Crippen molar-refractivity contribution in [1.29, 1.82) is 0 Å². The third-order valence-electron chi connectivity index (χ3n) is 8.93. The molecule has 0 saturated heterocycles. The summed E-state index contributed by atoms with van der Waals surface area (Å²) >= 11 is 0.